The number of ether oxygens (including phenoxy) is 1. The van der Waals surface area contributed by atoms with Gasteiger partial charge in [0.25, 0.3) is 0 Å². The number of carbonyl (C=O) groups is 1. The Kier molecular flexibility index (Phi) is 5.35. The van der Waals surface area contributed by atoms with E-state index in [0.717, 1.165) is 12.0 Å². The highest BCUT2D eigenvalue weighted by Gasteiger charge is 2.06. The number of carbonyl (C=O) groups excluding carboxylic acids is 1. The van der Waals surface area contributed by atoms with Gasteiger partial charge in [-0.15, -0.1) is 0 Å². The number of aromatic nitrogens is 3. The number of amides is 2. The molecule has 2 rings (SSSR count). The average molecular weight is 303 g/mol. The molecule has 2 aromatic heterocycles. The van der Waals surface area contributed by atoms with Gasteiger partial charge in [-0.1, -0.05) is 6.92 Å². The van der Waals surface area contributed by atoms with E-state index in [1.807, 2.05) is 19.1 Å². The number of hydrogen-bond donors (Lipinski definition) is 2. The highest BCUT2D eigenvalue weighted by Crippen LogP contribution is 2.12. The van der Waals surface area contributed by atoms with Crippen molar-refractivity contribution < 1.29 is 9.53 Å². The Hall–Kier alpha value is -2.57. The Morgan fingerprint density at radius 3 is 3.00 bits per heavy atom. The van der Waals surface area contributed by atoms with Gasteiger partial charge in [0.15, 0.2) is 0 Å². The van der Waals surface area contributed by atoms with Crippen molar-refractivity contribution >= 4 is 11.7 Å². The Balaban J connectivity index is 1.85. The fourth-order valence-electron chi connectivity index (χ4n) is 1.76. The highest BCUT2D eigenvalue weighted by atomic mass is 16.5. The fourth-order valence-corrected chi connectivity index (χ4v) is 1.76. The van der Waals surface area contributed by atoms with E-state index in [9.17, 15) is 4.79 Å². The molecule has 2 N–H and O–H groups in total. The van der Waals surface area contributed by atoms with E-state index in [1.54, 1.807) is 30.3 Å². The smallest absolute Gasteiger partial charge is 0.319 e. The summed E-state index contributed by atoms with van der Waals surface area (Å²) in [5, 5.41) is 9.47. The molecule has 0 fully saturated rings. The number of aryl methyl sites for hydroxylation is 1. The molecule has 2 aromatic rings. The zero-order valence-electron chi connectivity index (χ0n) is 13.0. The molecule has 22 heavy (non-hydrogen) atoms. The molecule has 7 heteroatoms. The maximum absolute atomic E-state index is 11.8. The van der Waals surface area contributed by atoms with E-state index in [2.05, 4.69) is 27.6 Å². The summed E-state index contributed by atoms with van der Waals surface area (Å²) in [6, 6.07) is 3.39. The third-order valence-electron chi connectivity index (χ3n) is 3.11. The van der Waals surface area contributed by atoms with Gasteiger partial charge in [-0.05, 0) is 25.0 Å². The topological polar surface area (TPSA) is 81.1 Å². The second kappa shape index (κ2) is 7.44. The number of anilines is 1. The largest absolute Gasteiger partial charge is 0.475 e. The molecule has 7 nitrogen and oxygen atoms in total. The average Bonchev–Trinajstić information content (AvgIpc) is 2.90. The van der Waals surface area contributed by atoms with Crippen LogP contribution in [-0.4, -0.2) is 26.9 Å². The molecule has 0 radical (unpaired) electrons. The number of hydrogen-bond acceptors (Lipinski definition) is 4. The van der Waals surface area contributed by atoms with Crippen LogP contribution in [0.2, 0.25) is 0 Å². The summed E-state index contributed by atoms with van der Waals surface area (Å²) in [5.41, 5.74) is 1.57. The third kappa shape index (κ3) is 4.76. The summed E-state index contributed by atoms with van der Waals surface area (Å²) in [7, 11) is 1.79. The number of rotatable bonds is 6. The van der Waals surface area contributed by atoms with Crippen LogP contribution < -0.4 is 15.4 Å². The van der Waals surface area contributed by atoms with Crippen molar-refractivity contribution in [1.29, 1.82) is 0 Å². The Bertz CT molecular complexity index is 626. The quantitative estimate of drug-likeness (QED) is 0.858. The van der Waals surface area contributed by atoms with E-state index in [0.29, 0.717) is 18.1 Å². The lowest BCUT2D eigenvalue weighted by molar-refractivity contribution is 0.208. The summed E-state index contributed by atoms with van der Waals surface area (Å²) >= 11 is 0. The first-order valence-electron chi connectivity index (χ1n) is 7.22. The van der Waals surface area contributed by atoms with Crippen molar-refractivity contribution in [3.05, 3.63) is 36.3 Å². The molecule has 0 bridgehead atoms. The SMILES string of the molecule is CC[C@H](C)Oc1cc(CNC(=O)Nc2cnn(C)c2)ccn1. The van der Waals surface area contributed by atoms with Crippen LogP contribution in [-0.2, 0) is 13.6 Å². The van der Waals surface area contributed by atoms with E-state index >= 15 is 0 Å². The molecule has 0 spiro atoms. The van der Waals surface area contributed by atoms with Crippen molar-refractivity contribution in [3.63, 3.8) is 0 Å². The molecule has 0 aromatic carbocycles. The second-order valence-electron chi connectivity index (χ2n) is 5.05. The van der Waals surface area contributed by atoms with Crippen molar-refractivity contribution in [2.45, 2.75) is 32.9 Å². The van der Waals surface area contributed by atoms with Crippen LogP contribution in [0.25, 0.3) is 0 Å². The molecule has 0 aliphatic heterocycles. The lowest BCUT2D eigenvalue weighted by atomic mass is 10.2. The normalized spacial score (nSPS) is 11.8. The van der Waals surface area contributed by atoms with Crippen LogP contribution in [0.15, 0.2) is 30.7 Å². The van der Waals surface area contributed by atoms with Gasteiger partial charge in [-0.3, -0.25) is 4.68 Å². The zero-order chi connectivity index (χ0) is 15.9. The van der Waals surface area contributed by atoms with E-state index in [1.165, 1.54) is 0 Å². The molecule has 2 heterocycles. The molecule has 118 valence electrons. The molecule has 0 aliphatic rings. The van der Waals surface area contributed by atoms with Crippen LogP contribution >= 0.6 is 0 Å². The van der Waals surface area contributed by atoms with E-state index in [-0.39, 0.29) is 12.1 Å². The number of urea groups is 1. The monoisotopic (exact) mass is 303 g/mol. The van der Waals surface area contributed by atoms with E-state index < -0.39 is 0 Å². The first kappa shape index (κ1) is 15.8. The molecule has 0 saturated heterocycles. The van der Waals surface area contributed by atoms with Crippen molar-refractivity contribution in [2.24, 2.45) is 7.05 Å². The predicted molar refractivity (Wildman–Crippen MR) is 83.7 cm³/mol. The van der Waals surface area contributed by atoms with Gasteiger partial charge >= 0.3 is 6.03 Å². The Labute approximate surface area is 129 Å². The first-order chi connectivity index (χ1) is 10.6. The minimum absolute atomic E-state index is 0.115. The molecule has 0 unspecified atom stereocenters. The van der Waals surface area contributed by atoms with Gasteiger partial charge in [0.2, 0.25) is 5.88 Å². The van der Waals surface area contributed by atoms with Crippen LogP contribution in [0.5, 0.6) is 5.88 Å². The molecular weight excluding hydrogens is 282 g/mol. The van der Waals surface area contributed by atoms with Crippen LogP contribution in [0.3, 0.4) is 0 Å². The summed E-state index contributed by atoms with van der Waals surface area (Å²) in [4.78, 5) is 16.0. The van der Waals surface area contributed by atoms with Crippen molar-refractivity contribution in [1.82, 2.24) is 20.1 Å². The van der Waals surface area contributed by atoms with Gasteiger partial charge in [-0.2, -0.15) is 5.10 Å². The summed E-state index contributed by atoms with van der Waals surface area (Å²) < 4.78 is 7.28. The van der Waals surface area contributed by atoms with Gasteiger partial charge in [-0.25, -0.2) is 9.78 Å². The molecule has 0 saturated carbocycles. The summed E-state index contributed by atoms with van der Waals surface area (Å²) in [5.74, 6) is 0.571. The van der Waals surface area contributed by atoms with Crippen molar-refractivity contribution in [3.8, 4) is 5.88 Å². The van der Waals surface area contributed by atoms with Gasteiger partial charge in [0.1, 0.15) is 0 Å². The fraction of sp³-hybridized carbons (Fsp3) is 0.400. The molecule has 2 amide bonds. The Morgan fingerprint density at radius 2 is 2.32 bits per heavy atom. The number of nitrogens with one attached hydrogen (secondary N) is 2. The van der Waals surface area contributed by atoms with Crippen LogP contribution in [0, 0.1) is 0 Å². The maximum Gasteiger partial charge on any atom is 0.319 e. The highest BCUT2D eigenvalue weighted by molar-refractivity contribution is 5.88. The third-order valence-corrected chi connectivity index (χ3v) is 3.11. The minimum Gasteiger partial charge on any atom is -0.475 e. The Morgan fingerprint density at radius 1 is 1.50 bits per heavy atom. The second-order valence-corrected chi connectivity index (χ2v) is 5.05. The van der Waals surface area contributed by atoms with Gasteiger partial charge < -0.3 is 15.4 Å². The zero-order valence-corrected chi connectivity index (χ0v) is 13.0. The lowest BCUT2D eigenvalue weighted by Gasteiger charge is -2.12. The number of nitrogens with zero attached hydrogens (tertiary/aromatic N) is 3. The van der Waals surface area contributed by atoms with Gasteiger partial charge in [0, 0.05) is 32.1 Å². The predicted octanol–water partition coefficient (Wildman–Crippen LogP) is 2.31. The first-order valence-corrected chi connectivity index (χ1v) is 7.22. The molecule has 0 aliphatic carbocycles. The van der Waals surface area contributed by atoms with Crippen LogP contribution in [0.4, 0.5) is 10.5 Å². The minimum atomic E-state index is -0.283. The van der Waals surface area contributed by atoms with Gasteiger partial charge in [0.05, 0.1) is 18.0 Å². The molecule has 1 atom stereocenters. The molecular formula is C15H21N5O2. The lowest BCUT2D eigenvalue weighted by Crippen LogP contribution is -2.28. The van der Waals surface area contributed by atoms with Crippen LogP contribution in [0.1, 0.15) is 25.8 Å². The summed E-state index contributed by atoms with van der Waals surface area (Å²) in [6.07, 6.45) is 6.02. The van der Waals surface area contributed by atoms with E-state index in [4.69, 9.17) is 4.74 Å². The van der Waals surface area contributed by atoms with Crippen molar-refractivity contribution in [2.75, 3.05) is 5.32 Å². The number of pyridine rings is 1. The summed E-state index contributed by atoms with van der Waals surface area (Å²) in [6.45, 7) is 4.44. The maximum atomic E-state index is 11.8. The standard InChI is InChI=1S/C15H21N5O2/c1-4-11(2)22-14-7-12(5-6-16-14)8-17-15(21)19-13-9-18-20(3)10-13/h5-7,9-11H,4,8H2,1-3H3,(H2,17,19,21)/t11-/m0/s1.